The number of nitrogens with zero attached hydrogens (tertiary/aromatic N) is 1. The van der Waals surface area contributed by atoms with Crippen LogP contribution in [0.3, 0.4) is 0 Å². The van der Waals surface area contributed by atoms with E-state index in [2.05, 4.69) is 5.32 Å². The molecular formula is C13H23N3. The Morgan fingerprint density at radius 2 is 1.88 bits per heavy atom. The van der Waals surface area contributed by atoms with Crippen molar-refractivity contribution in [1.29, 1.82) is 0 Å². The van der Waals surface area contributed by atoms with Crippen LogP contribution in [-0.4, -0.2) is 24.0 Å². The molecule has 1 aliphatic heterocycles. The molecule has 16 heavy (non-hydrogen) atoms. The third-order valence-electron chi connectivity index (χ3n) is 4.48. The standard InChI is InChI=1S/C13H23N3/c14-10-6-7-11-12(8-10)16-13(15-11)9-4-2-1-3-5-9/h9-12H,1-8,14H2,(H,15,16). The van der Waals surface area contributed by atoms with Crippen LogP contribution in [0.5, 0.6) is 0 Å². The number of amidine groups is 1. The van der Waals surface area contributed by atoms with Gasteiger partial charge in [-0.3, -0.25) is 4.99 Å². The lowest BCUT2D eigenvalue weighted by Gasteiger charge is -2.28. The molecule has 3 aliphatic rings. The van der Waals surface area contributed by atoms with Crippen molar-refractivity contribution in [3.05, 3.63) is 0 Å². The molecule has 0 aromatic heterocycles. The van der Waals surface area contributed by atoms with Crippen molar-refractivity contribution < 1.29 is 0 Å². The van der Waals surface area contributed by atoms with Gasteiger partial charge < -0.3 is 11.1 Å². The summed E-state index contributed by atoms with van der Waals surface area (Å²) in [5.74, 6) is 2.05. The van der Waals surface area contributed by atoms with E-state index in [0.29, 0.717) is 18.1 Å². The molecule has 3 atom stereocenters. The van der Waals surface area contributed by atoms with Gasteiger partial charge in [-0.25, -0.2) is 0 Å². The van der Waals surface area contributed by atoms with Crippen molar-refractivity contribution in [3.8, 4) is 0 Å². The van der Waals surface area contributed by atoms with Crippen molar-refractivity contribution in [2.24, 2.45) is 16.6 Å². The normalized spacial score (nSPS) is 40.1. The van der Waals surface area contributed by atoms with Crippen LogP contribution in [0.1, 0.15) is 51.4 Å². The lowest BCUT2D eigenvalue weighted by Crippen LogP contribution is -2.45. The number of nitrogens with one attached hydrogen (secondary N) is 1. The van der Waals surface area contributed by atoms with Crippen molar-refractivity contribution in [1.82, 2.24) is 5.32 Å². The highest BCUT2D eigenvalue weighted by molar-refractivity contribution is 5.86. The molecule has 3 nitrogen and oxygen atoms in total. The van der Waals surface area contributed by atoms with Crippen LogP contribution in [0.15, 0.2) is 4.99 Å². The zero-order valence-electron chi connectivity index (χ0n) is 9.99. The minimum absolute atomic E-state index is 0.398. The van der Waals surface area contributed by atoms with Gasteiger partial charge in [0.15, 0.2) is 0 Å². The SMILES string of the molecule is NC1CCC2N=C(C3CCCCC3)NC2C1. The number of nitrogens with two attached hydrogens (primary N) is 1. The highest BCUT2D eigenvalue weighted by Gasteiger charge is 2.36. The molecule has 3 N–H and O–H groups in total. The number of hydrogen-bond acceptors (Lipinski definition) is 3. The molecule has 1 heterocycles. The average Bonchev–Trinajstić information content (AvgIpc) is 2.73. The molecule has 2 aliphatic carbocycles. The number of aliphatic imine (C=N–C) groups is 1. The van der Waals surface area contributed by atoms with Crippen molar-refractivity contribution in [2.45, 2.75) is 69.5 Å². The Morgan fingerprint density at radius 1 is 1.06 bits per heavy atom. The Morgan fingerprint density at radius 3 is 2.69 bits per heavy atom. The summed E-state index contributed by atoms with van der Waals surface area (Å²) >= 11 is 0. The predicted molar refractivity (Wildman–Crippen MR) is 66.5 cm³/mol. The first-order valence-electron chi connectivity index (χ1n) is 6.93. The Kier molecular flexibility index (Phi) is 2.88. The minimum Gasteiger partial charge on any atom is -0.369 e. The maximum Gasteiger partial charge on any atom is 0.100 e. The molecule has 2 fully saturated rings. The summed E-state index contributed by atoms with van der Waals surface area (Å²) in [6.07, 6.45) is 10.3. The van der Waals surface area contributed by atoms with Gasteiger partial charge in [0.25, 0.3) is 0 Å². The fourth-order valence-electron chi connectivity index (χ4n) is 3.50. The first-order chi connectivity index (χ1) is 7.83. The van der Waals surface area contributed by atoms with E-state index in [-0.39, 0.29) is 0 Å². The van der Waals surface area contributed by atoms with Gasteiger partial charge in [0.2, 0.25) is 0 Å². The summed E-state index contributed by atoms with van der Waals surface area (Å²) in [4.78, 5) is 4.92. The van der Waals surface area contributed by atoms with E-state index >= 15 is 0 Å². The maximum atomic E-state index is 6.02. The quantitative estimate of drug-likeness (QED) is 0.709. The summed E-state index contributed by atoms with van der Waals surface area (Å²) in [6.45, 7) is 0. The molecule has 90 valence electrons. The molecule has 0 aromatic rings. The van der Waals surface area contributed by atoms with E-state index in [1.807, 2.05) is 0 Å². The van der Waals surface area contributed by atoms with E-state index in [4.69, 9.17) is 10.7 Å². The smallest absolute Gasteiger partial charge is 0.100 e. The van der Waals surface area contributed by atoms with Crippen LogP contribution in [0.4, 0.5) is 0 Å². The van der Waals surface area contributed by atoms with Gasteiger partial charge in [-0.05, 0) is 32.1 Å². The van der Waals surface area contributed by atoms with Gasteiger partial charge in [0.1, 0.15) is 5.84 Å². The molecule has 0 radical (unpaired) electrons. The lowest BCUT2D eigenvalue weighted by molar-refractivity contribution is 0.345. The monoisotopic (exact) mass is 221 g/mol. The minimum atomic E-state index is 0.398. The second-order valence-electron chi connectivity index (χ2n) is 5.74. The highest BCUT2D eigenvalue weighted by Crippen LogP contribution is 2.30. The Bertz CT molecular complexity index is 281. The molecule has 0 spiro atoms. The molecule has 3 heteroatoms. The van der Waals surface area contributed by atoms with Crippen molar-refractivity contribution >= 4 is 5.84 Å². The summed E-state index contributed by atoms with van der Waals surface area (Å²) < 4.78 is 0. The molecule has 3 unspecified atom stereocenters. The average molecular weight is 221 g/mol. The third kappa shape index (κ3) is 1.97. The maximum absolute atomic E-state index is 6.02. The molecule has 0 saturated heterocycles. The van der Waals surface area contributed by atoms with Crippen LogP contribution in [-0.2, 0) is 0 Å². The molecule has 0 aromatic carbocycles. The van der Waals surface area contributed by atoms with Crippen LogP contribution in [0.25, 0.3) is 0 Å². The molecular weight excluding hydrogens is 198 g/mol. The first-order valence-corrected chi connectivity index (χ1v) is 6.93. The molecule has 0 bridgehead atoms. The van der Waals surface area contributed by atoms with Crippen molar-refractivity contribution in [2.75, 3.05) is 0 Å². The second kappa shape index (κ2) is 4.36. The van der Waals surface area contributed by atoms with Gasteiger partial charge in [-0.2, -0.15) is 0 Å². The summed E-state index contributed by atoms with van der Waals surface area (Å²) in [5, 5.41) is 3.66. The fourth-order valence-corrected chi connectivity index (χ4v) is 3.50. The number of rotatable bonds is 1. The number of fused-ring (bicyclic) bond motifs is 1. The van der Waals surface area contributed by atoms with Gasteiger partial charge in [0.05, 0.1) is 12.1 Å². The van der Waals surface area contributed by atoms with Crippen LogP contribution in [0, 0.1) is 5.92 Å². The van der Waals surface area contributed by atoms with Crippen LogP contribution >= 0.6 is 0 Å². The van der Waals surface area contributed by atoms with E-state index in [1.165, 1.54) is 44.4 Å². The highest BCUT2D eigenvalue weighted by atomic mass is 15.1. The first kappa shape index (κ1) is 10.6. The predicted octanol–water partition coefficient (Wildman–Crippen LogP) is 1.82. The van der Waals surface area contributed by atoms with Gasteiger partial charge in [-0.15, -0.1) is 0 Å². The molecule has 3 rings (SSSR count). The van der Waals surface area contributed by atoms with E-state index in [9.17, 15) is 0 Å². The van der Waals surface area contributed by atoms with Crippen LogP contribution < -0.4 is 11.1 Å². The van der Waals surface area contributed by atoms with Gasteiger partial charge in [-0.1, -0.05) is 19.3 Å². The zero-order valence-corrected chi connectivity index (χ0v) is 9.99. The van der Waals surface area contributed by atoms with Crippen molar-refractivity contribution in [3.63, 3.8) is 0 Å². The number of hydrogen-bond donors (Lipinski definition) is 2. The lowest BCUT2D eigenvalue weighted by atomic mass is 9.87. The summed E-state index contributed by atoms with van der Waals surface area (Å²) in [7, 11) is 0. The Balaban J connectivity index is 1.65. The third-order valence-corrected chi connectivity index (χ3v) is 4.48. The van der Waals surface area contributed by atoms with E-state index in [1.54, 1.807) is 0 Å². The van der Waals surface area contributed by atoms with Crippen LogP contribution in [0.2, 0.25) is 0 Å². The Labute approximate surface area is 97.9 Å². The summed E-state index contributed by atoms with van der Waals surface area (Å²) in [5.41, 5.74) is 6.02. The van der Waals surface area contributed by atoms with Gasteiger partial charge >= 0.3 is 0 Å². The molecule has 2 saturated carbocycles. The second-order valence-corrected chi connectivity index (χ2v) is 5.74. The van der Waals surface area contributed by atoms with Gasteiger partial charge in [0, 0.05) is 12.0 Å². The fraction of sp³-hybridized carbons (Fsp3) is 0.923. The zero-order chi connectivity index (χ0) is 11.0. The topological polar surface area (TPSA) is 50.4 Å². The van der Waals surface area contributed by atoms with E-state index < -0.39 is 0 Å². The summed E-state index contributed by atoms with van der Waals surface area (Å²) in [6, 6.07) is 1.49. The van der Waals surface area contributed by atoms with E-state index in [0.717, 1.165) is 18.8 Å². The Hall–Kier alpha value is -0.570. The largest absolute Gasteiger partial charge is 0.369 e. The molecule has 0 amide bonds.